The van der Waals surface area contributed by atoms with Crippen molar-refractivity contribution in [1.82, 2.24) is 0 Å². The van der Waals surface area contributed by atoms with E-state index < -0.39 is 24.1 Å². The second kappa shape index (κ2) is 4.40. The molecule has 3 N–H and O–H groups in total. The van der Waals surface area contributed by atoms with Gasteiger partial charge in [-0.05, 0) is 24.3 Å². The number of quaternary nitrogens is 1. The molecule has 0 aliphatic carbocycles. The fourth-order valence-electron chi connectivity index (χ4n) is 1.04. The zero-order valence-corrected chi connectivity index (χ0v) is 7.95. The lowest BCUT2D eigenvalue weighted by atomic mass is 10.1. The normalized spacial score (nSPS) is 13.2. The number of ether oxygens (including phenoxy) is 1. The molecular formula is C9H8F3NO3. The number of carboxylic acids is 1. The Morgan fingerprint density at radius 1 is 1.31 bits per heavy atom. The highest BCUT2D eigenvalue weighted by Gasteiger charge is 2.31. The van der Waals surface area contributed by atoms with Crippen molar-refractivity contribution in [2.24, 2.45) is 0 Å². The van der Waals surface area contributed by atoms with Crippen molar-refractivity contribution in [3.05, 3.63) is 29.8 Å². The summed E-state index contributed by atoms with van der Waals surface area (Å²) >= 11 is 0. The first kappa shape index (κ1) is 12.3. The quantitative estimate of drug-likeness (QED) is 0.775. The number of alkyl halides is 3. The molecule has 0 aromatic heterocycles. The lowest BCUT2D eigenvalue weighted by Gasteiger charge is -2.11. The second-order valence-corrected chi connectivity index (χ2v) is 2.99. The standard InChI is InChI=1S/C9H8F3NO3/c10-9(11,12)16-6-3-1-5(2-4-6)7(13)8(14)15/h1-4,7H,13H2,(H,14,15)/t7-/m1/s1. The maximum absolute atomic E-state index is 11.8. The highest BCUT2D eigenvalue weighted by Crippen LogP contribution is 2.23. The predicted molar refractivity (Wildman–Crippen MR) is 43.8 cm³/mol. The van der Waals surface area contributed by atoms with Crippen LogP contribution in [0.3, 0.4) is 0 Å². The largest absolute Gasteiger partial charge is 0.573 e. The van der Waals surface area contributed by atoms with Gasteiger partial charge in [0.1, 0.15) is 11.7 Å². The van der Waals surface area contributed by atoms with Crippen LogP contribution < -0.4 is 15.6 Å². The summed E-state index contributed by atoms with van der Waals surface area (Å²) in [6, 6.07) is 3.29. The van der Waals surface area contributed by atoms with E-state index in [1.54, 1.807) is 0 Å². The van der Waals surface area contributed by atoms with Crippen LogP contribution in [0.4, 0.5) is 13.2 Å². The first-order valence-corrected chi connectivity index (χ1v) is 4.19. The first-order chi connectivity index (χ1) is 7.29. The predicted octanol–water partition coefficient (Wildman–Crippen LogP) is -0.382. The molecule has 0 saturated carbocycles. The number of carboxylic acid groups (broad SMARTS) is 1. The Kier molecular flexibility index (Phi) is 3.38. The smallest absolute Gasteiger partial charge is 0.544 e. The Bertz CT molecular complexity index is 375. The third-order valence-corrected chi connectivity index (χ3v) is 1.80. The van der Waals surface area contributed by atoms with Crippen LogP contribution in [0.2, 0.25) is 0 Å². The lowest BCUT2D eigenvalue weighted by molar-refractivity contribution is -0.443. The fraction of sp³-hybridized carbons (Fsp3) is 0.222. The average Bonchev–Trinajstić information content (AvgIpc) is 2.15. The maximum atomic E-state index is 11.8. The van der Waals surface area contributed by atoms with Crippen LogP contribution in [0.25, 0.3) is 0 Å². The molecule has 0 amide bonds. The van der Waals surface area contributed by atoms with Crippen LogP contribution in [0.15, 0.2) is 24.3 Å². The monoisotopic (exact) mass is 235 g/mol. The molecule has 0 fully saturated rings. The van der Waals surface area contributed by atoms with E-state index in [1.807, 2.05) is 0 Å². The Balaban J connectivity index is 2.79. The molecule has 0 heterocycles. The molecule has 0 unspecified atom stereocenters. The molecular weight excluding hydrogens is 227 g/mol. The molecule has 4 nitrogen and oxygen atoms in total. The maximum Gasteiger partial charge on any atom is 0.573 e. The molecule has 0 saturated heterocycles. The van der Waals surface area contributed by atoms with Gasteiger partial charge in [-0.1, -0.05) is 0 Å². The van der Waals surface area contributed by atoms with Crippen molar-refractivity contribution in [3.63, 3.8) is 0 Å². The Hall–Kier alpha value is -1.76. The van der Waals surface area contributed by atoms with Crippen molar-refractivity contribution in [2.75, 3.05) is 0 Å². The van der Waals surface area contributed by atoms with Gasteiger partial charge in [-0.25, -0.2) is 0 Å². The second-order valence-electron chi connectivity index (χ2n) is 2.99. The van der Waals surface area contributed by atoms with Crippen LogP contribution in [0, 0.1) is 0 Å². The summed E-state index contributed by atoms with van der Waals surface area (Å²) < 4.78 is 39.0. The SMILES string of the molecule is [NH3+][C@@H](C(=O)[O-])c1ccc(OC(F)(F)F)cc1. The fourth-order valence-corrected chi connectivity index (χ4v) is 1.04. The van der Waals surface area contributed by atoms with Gasteiger partial charge in [0.15, 0.2) is 6.04 Å². The highest BCUT2D eigenvalue weighted by atomic mass is 19.4. The van der Waals surface area contributed by atoms with Gasteiger partial charge < -0.3 is 20.4 Å². The number of hydrogen-bond acceptors (Lipinski definition) is 3. The molecule has 0 spiro atoms. The summed E-state index contributed by atoms with van der Waals surface area (Å²) in [4.78, 5) is 10.4. The van der Waals surface area contributed by atoms with E-state index in [0.29, 0.717) is 0 Å². The molecule has 0 aliphatic heterocycles. The van der Waals surface area contributed by atoms with Crippen molar-refractivity contribution >= 4 is 5.97 Å². The minimum atomic E-state index is -4.76. The van der Waals surface area contributed by atoms with Gasteiger partial charge in [-0.3, -0.25) is 0 Å². The summed E-state index contributed by atoms with van der Waals surface area (Å²) in [6.07, 6.45) is -4.76. The van der Waals surface area contributed by atoms with Gasteiger partial charge in [-0.2, -0.15) is 0 Å². The number of benzene rings is 1. The van der Waals surface area contributed by atoms with Gasteiger partial charge in [0, 0.05) is 5.56 Å². The van der Waals surface area contributed by atoms with E-state index in [1.165, 1.54) is 12.1 Å². The molecule has 16 heavy (non-hydrogen) atoms. The summed E-state index contributed by atoms with van der Waals surface area (Å²) in [5, 5.41) is 10.4. The molecule has 1 aromatic rings. The van der Waals surface area contributed by atoms with E-state index >= 15 is 0 Å². The highest BCUT2D eigenvalue weighted by molar-refractivity contribution is 5.71. The number of aliphatic carboxylic acids is 1. The minimum Gasteiger partial charge on any atom is -0.544 e. The summed E-state index contributed by atoms with van der Waals surface area (Å²) in [5.74, 6) is -1.81. The summed E-state index contributed by atoms with van der Waals surface area (Å²) in [7, 11) is 0. The molecule has 1 aromatic carbocycles. The zero-order valence-electron chi connectivity index (χ0n) is 7.95. The van der Waals surface area contributed by atoms with Crippen LogP contribution in [0.5, 0.6) is 5.75 Å². The number of rotatable bonds is 3. The summed E-state index contributed by atoms with van der Waals surface area (Å²) in [5.41, 5.74) is 3.53. The van der Waals surface area contributed by atoms with E-state index in [9.17, 15) is 23.1 Å². The van der Waals surface area contributed by atoms with Crippen LogP contribution in [0.1, 0.15) is 11.6 Å². The van der Waals surface area contributed by atoms with E-state index in [2.05, 4.69) is 10.5 Å². The third-order valence-electron chi connectivity index (χ3n) is 1.80. The van der Waals surface area contributed by atoms with Gasteiger partial charge in [0.2, 0.25) is 0 Å². The molecule has 0 radical (unpaired) electrons. The van der Waals surface area contributed by atoms with Crippen LogP contribution in [-0.2, 0) is 4.79 Å². The molecule has 0 aliphatic rings. The van der Waals surface area contributed by atoms with Crippen molar-refractivity contribution < 1.29 is 33.5 Å². The number of carbonyl (C=O) groups excluding carboxylic acids is 1. The Labute approximate surface area is 88.4 Å². The molecule has 1 atom stereocenters. The molecule has 7 heteroatoms. The van der Waals surface area contributed by atoms with Crippen molar-refractivity contribution in [2.45, 2.75) is 12.4 Å². The van der Waals surface area contributed by atoms with E-state index in [0.717, 1.165) is 12.1 Å². The number of hydrogen-bond donors (Lipinski definition) is 1. The van der Waals surface area contributed by atoms with Gasteiger partial charge >= 0.3 is 6.36 Å². The molecule has 1 rings (SSSR count). The zero-order chi connectivity index (χ0) is 12.3. The minimum absolute atomic E-state index is 0.245. The Morgan fingerprint density at radius 2 is 1.81 bits per heavy atom. The Morgan fingerprint density at radius 3 is 2.19 bits per heavy atom. The topological polar surface area (TPSA) is 77.0 Å². The lowest BCUT2D eigenvalue weighted by Crippen LogP contribution is -2.60. The molecule has 88 valence electrons. The van der Waals surface area contributed by atoms with Crippen molar-refractivity contribution in [1.29, 1.82) is 0 Å². The van der Waals surface area contributed by atoms with Gasteiger partial charge in [0.25, 0.3) is 0 Å². The van der Waals surface area contributed by atoms with Gasteiger partial charge in [0.05, 0.1) is 0 Å². The average molecular weight is 235 g/mol. The number of carbonyl (C=O) groups is 1. The summed E-state index contributed by atoms with van der Waals surface area (Å²) in [6.45, 7) is 0. The van der Waals surface area contributed by atoms with E-state index in [4.69, 9.17) is 0 Å². The van der Waals surface area contributed by atoms with Gasteiger partial charge in [-0.15, -0.1) is 13.2 Å². The van der Waals surface area contributed by atoms with Crippen LogP contribution in [-0.4, -0.2) is 12.3 Å². The number of halogens is 3. The first-order valence-electron chi connectivity index (χ1n) is 4.19. The van der Waals surface area contributed by atoms with E-state index in [-0.39, 0.29) is 5.56 Å². The third kappa shape index (κ3) is 3.43. The molecule has 0 bridgehead atoms. The van der Waals surface area contributed by atoms with Crippen LogP contribution >= 0.6 is 0 Å². The van der Waals surface area contributed by atoms with Crippen molar-refractivity contribution in [3.8, 4) is 5.75 Å².